The van der Waals surface area contributed by atoms with Crippen LogP contribution in [0.5, 0.6) is 5.75 Å². The number of nitrogens with one attached hydrogen (secondary N) is 1. The smallest absolute Gasteiger partial charge is 0.122 e. The van der Waals surface area contributed by atoms with Gasteiger partial charge in [-0.05, 0) is 31.1 Å². The molecule has 13 heavy (non-hydrogen) atoms. The van der Waals surface area contributed by atoms with Gasteiger partial charge in [0.15, 0.2) is 0 Å². The van der Waals surface area contributed by atoms with Gasteiger partial charge < -0.3 is 10.1 Å². The van der Waals surface area contributed by atoms with E-state index < -0.39 is 0 Å². The average Bonchev–Trinajstić information content (AvgIpc) is 2.19. The fraction of sp³-hybridized carbons (Fsp3) is 0.455. The van der Waals surface area contributed by atoms with Gasteiger partial charge in [-0.2, -0.15) is 0 Å². The molecule has 0 atom stereocenters. The molecule has 0 amide bonds. The van der Waals surface area contributed by atoms with Crippen molar-refractivity contribution < 1.29 is 4.74 Å². The van der Waals surface area contributed by atoms with Crippen molar-refractivity contribution in [3.63, 3.8) is 0 Å². The van der Waals surface area contributed by atoms with Gasteiger partial charge in [0.1, 0.15) is 5.75 Å². The Balaban J connectivity index is 2.54. The molecular formula is C11H17NO. The van der Waals surface area contributed by atoms with E-state index in [9.17, 15) is 0 Å². The van der Waals surface area contributed by atoms with Crippen molar-refractivity contribution in [1.82, 2.24) is 5.32 Å². The van der Waals surface area contributed by atoms with Gasteiger partial charge >= 0.3 is 0 Å². The Morgan fingerprint density at radius 3 is 2.77 bits per heavy atom. The fourth-order valence-electron chi connectivity index (χ4n) is 1.31. The van der Waals surface area contributed by atoms with E-state index in [-0.39, 0.29) is 0 Å². The van der Waals surface area contributed by atoms with Crippen LogP contribution in [0.25, 0.3) is 0 Å². The lowest BCUT2D eigenvalue weighted by Crippen LogP contribution is -2.16. The van der Waals surface area contributed by atoms with E-state index in [0.717, 1.165) is 25.3 Å². The summed E-state index contributed by atoms with van der Waals surface area (Å²) in [6.45, 7) is 4.15. The lowest BCUT2D eigenvalue weighted by atomic mass is 10.1. The number of likely N-dealkylation sites (N-methyl/N-ethyl adjacent to an activating group) is 1. The van der Waals surface area contributed by atoms with Crippen molar-refractivity contribution in [2.24, 2.45) is 0 Å². The molecule has 0 bridgehead atoms. The van der Waals surface area contributed by atoms with Crippen molar-refractivity contribution in [2.45, 2.75) is 13.3 Å². The fourth-order valence-corrected chi connectivity index (χ4v) is 1.31. The molecule has 1 aromatic rings. The number of hydrogen-bond donors (Lipinski definition) is 1. The number of rotatable bonds is 5. The van der Waals surface area contributed by atoms with Gasteiger partial charge in [-0.3, -0.25) is 0 Å². The van der Waals surface area contributed by atoms with Crippen molar-refractivity contribution in [2.75, 3.05) is 20.2 Å². The zero-order chi connectivity index (χ0) is 9.52. The lowest BCUT2D eigenvalue weighted by Gasteiger charge is -2.07. The highest BCUT2D eigenvalue weighted by Gasteiger charge is 1.99. The van der Waals surface area contributed by atoms with Gasteiger partial charge in [0.05, 0.1) is 7.11 Å². The lowest BCUT2D eigenvalue weighted by molar-refractivity contribution is 0.409. The Kier molecular flexibility index (Phi) is 4.33. The van der Waals surface area contributed by atoms with E-state index in [1.165, 1.54) is 5.56 Å². The molecule has 0 aliphatic rings. The molecule has 0 spiro atoms. The van der Waals surface area contributed by atoms with Crippen LogP contribution in [0.4, 0.5) is 0 Å². The van der Waals surface area contributed by atoms with E-state index in [1.807, 2.05) is 18.2 Å². The van der Waals surface area contributed by atoms with Crippen LogP contribution < -0.4 is 10.1 Å². The summed E-state index contributed by atoms with van der Waals surface area (Å²) >= 11 is 0. The van der Waals surface area contributed by atoms with Crippen molar-refractivity contribution in [1.29, 1.82) is 0 Å². The zero-order valence-electron chi connectivity index (χ0n) is 8.34. The van der Waals surface area contributed by atoms with E-state index in [2.05, 4.69) is 18.3 Å². The van der Waals surface area contributed by atoms with Gasteiger partial charge in [0, 0.05) is 0 Å². The Morgan fingerprint density at radius 1 is 1.31 bits per heavy atom. The molecule has 72 valence electrons. The van der Waals surface area contributed by atoms with Gasteiger partial charge in [-0.1, -0.05) is 25.1 Å². The molecular weight excluding hydrogens is 162 g/mol. The molecule has 0 saturated heterocycles. The van der Waals surface area contributed by atoms with E-state index >= 15 is 0 Å². The number of methoxy groups -OCH3 is 1. The molecule has 0 aromatic heterocycles. The Hall–Kier alpha value is -1.02. The first-order chi connectivity index (χ1) is 6.38. The van der Waals surface area contributed by atoms with E-state index in [1.54, 1.807) is 7.11 Å². The first-order valence-electron chi connectivity index (χ1n) is 4.71. The minimum atomic E-state index is 0.986. The van der Waals surface area contributed by atoms with Crippen LogP contribution in [-0.2, 0) is 6.42 Å². The van der Waals surface area contributed by atoms with Crippen LogP contribution in [0.15, 0.2) is 24.3 Å². The summed E-state index contributed by atoms with van der Waals surface area (Å²) in [5.41, 5.74) is 1.27. The third-order valence-corrected chi connectivity index (χ3v) is 2.01. The Morgan fingerprint density at radius 2 is 2.08 bits per heavy atom. The van der Waals surface area contributed by atoms with E-state index in [0.29, 0.717) is 0 Å². The molecule has 0 unspecified atom stereocenters. The molecule has 2 heteroatoms. The number of ether oxygens (including phenoxy) is 1. The first-order valence-corrected chi connectivity index (χ1v) is 4.71. The van der Waals surface area contributed by atoms with Crippen LogP contribution >= 0.6 is 0 Å². The molecule has 0 heterocycles. The summed E-state index contributed by atoms with van der Waals surface area (Å²) in [4.78, 5) is 0. The second-order valence-corrected chi connectivity index (χ2v) is 2.92. The molecule has 0 fully saturated rings. The Bertz CT molecular complexity index is 248. The summed E-state index contributed by atoms with van der Waals surface area (Å²) < 4.78 is 5.25. The zero-order valence-corrected chi connectivity index (χ0v) is 8.34. The SMILES string of the molecule is CCNCCc1ccccc1OC. The van der Waals surface area contributed by atoms with Crippen molar-refractivity contribution in [3.05, 3.63) is 29.8 Å². The Labute approximate surface area is 79.9 Å². The average molecular weight is 179 g/mol. The maximum Gasteiger partial charge on any atom is 0.122 e. The quantitative estimate of drug-likeness (QED) is 0.696. The number of para-hydroxylation sites is 1. The maximum atomic E-state index is 5.25. The second kappa shape index (κ2) is 5.60. The molecule has 2 nitrogen and oxygen atoms in total. The summed E-state index contributed by atoms with van der Waals surface area (Å²) in [5.74, 6) is 0.986. The topological polar surface area (TPSA) is 21.3 Å². The first kappa shape index (κ1) is 10.1. The van der Waals surface area contributed by atoms with Crippen molar-refractivity contribution >= 4 is 0 Å². The van der Waals surface area contributed by atoms with E-state index in [4.69, 9.17) is 4.74 Å². The molecule has 0 radical (unpaired) electrons. The molecule has 0 aliphatic heterocycles. The highest BCUT2D eigenvalue weighted by Crippen LogP contribution is 2.16. The highest BCUT2D eigenvalue weighted by atomic mass is 16.5. The second-order valence-electron chi connectivity index (χ2n) is 2.92. The molecule has 0 aliphatic carbocycles. The molecule has 1 aromatic carbocycles. The largest absolute Gasteiger partial charge is 0.496 e. The standard InChI is InChI=1S/C11H17NO/c1-3-12-9-8-10-6-4-5-7-11(10)13-2/h4-7,12H,3,8-9H2,1-2H3. The van der Waals surface area contributed by atoms with Gasteiger partial charge in [0.2, 0.25) is 0 Å². The highest BCUT2D eigenvalue weighted by molar-refractivity contribution is 5.33. The third kappa shape index (κ3) is 3.07. The summed E-state index contributed by atoms with van der Waals surface area (Å²) in [5, 5.41) is 3.29. The van der Waals surface area contributed by atoms with Crippen LogP contribution in [0.1, 0.15) is 12.5 Å². The van der Waals surface area contributed by atoms with Crippen LogP contribution in [0.3, 0.4) is 0 Å². The predicted molar refractivity (Wildman–Crippen MR) is 55.2 cm³/mol. The van der Waals surface area contributed by atoms with Gasteiger partial charge in [-0.15, -0.1) is 0 Å². The minimum Gasteiger partial charge on any atom is -0.496 e. The number of benzene rings is 1. The van der Waals surface area contributed by atoms with Crippen LogP contribution in [0, 0.1) is 0 Å². The monoisotopic (exact) mass is 179 g/mol. The summed E-state index contributed by atoms with van der Waals surface area (Å²) in [7, 11) is 1.71. The molecule has 1 N–H and O–H groups in total. The minimum absolute atomic E-state index is 0.986. The third-order valence-electron chi connectivity index (χ3n) is 2.01. The molecule has 0 saturated carbocycles. The molecule has 1 rings (SSSR count). The van der Waals surface area contributed by atoms with Gasteiger partial charge in [0.25, 0.3) is 0 Å². The number of hydrogen-bond acceptors (Lipinski definition) is 2. The van der Waals surface area contributed by atoms with Gasteiger partial charge in [-0.25, -0.2) is 0 Å². The summed E-state index contributed by atoms with van der Waals surface area (Å²) in [6, 6.07) is 8.15. The summed E-state index contributed by atoms with van der Waals surface area (Å²) in [6.07, 6.45) is 1.03. The van der Waals surface area contributed by atoms with Crippen LogP contribution in [-0.4, -0.2) is 20.2 Å². The van der Waals surface area contributed by atoms with Crippen molar-refractivity contribution in [3.8, 4) is 5.75 Å². The maximum absolute atomic E-state index is 5.25. The predicted octanol–water partition coefficient (Wildman–Crippen LogP) is 1.85. The normalized spacial score (nSPS) is 10.0. The van der Waals surface area contributed by atoms with Crippen LogP contribution in [0.2, 0.25) is 0 Å².